The van der Waals surface area contributed by atoms with Gasteiger partial charge in [-0.1, -0.05) is 0 Å². The van der Waals surface area contributed by atoms with Gasteiger partial charge >= 0.3 is 0 Å². The van der Waals surface area contributed by atoms with Gasteiger partial charge in [-0.3, -0.25) is 4.90 Å². The largest absolute Gasteiger partial charge is 0.326 e. The van der Waals surface area contributed by atoms with Crippen LogP contribution in [0.5, 0.6) is 0 Å². The van der Waals surface area contributed by atoms with Crippen LogP contribution < -0.4 is 11.1 Å². The molecule has 2 saturated heterocycles. The topological polar surface area (TPSA) is 41.3 Å². The molecule has 2 heterocycles. The molecule has 3 heteroatoms. The molecule has 0 bridgehead atoms. The molecule has 12 heavy (non-hydrogen) atoms. The number of hydrogen-bond acceptors (Lipinski definition) is 3. The van der Waals surface area contributed by atoms with Crippen molar-refractivity contribution in [3.8, 4) is 0 Å². The highest BCUT2D eigenvalue weighted by Gasteiger charge is 2.26. The molecular formula is C9H19N3. The van der Waals surface area contributed by atoms with Crippen molar-refractivity contribution >= 4 is 0 Å². The monoisotopic (exact) mass is 169 g/mol. The number of likely N-dealkylation sites (tertiary alicyclic amines) is 1. The molecular weight excluding hydrogens is 150 g/mol. The van der Waals surface area contributed by atoms with Crippen molar-refractivity contribution in [2.75, 3.05) is 26.2 Å². The fraction of sp³-hybridized carbons (Fsp3) is 1.00. The summed E-state index contributed by atoms with van der Waals surface area (Å²) < 4.78 is 0. The quantitative estimate of drug-likeness (QED) is 0.570. The number of nitrogens with zero attached hydrogens (tertiary/aromatic N) is 1. The standard InChI is InChI=1S/C9H19N3/c10-8-3-6-12(7-8)9-1-4-11-5-2-9/h8-9,11H,1-7,10H2/t8-/m0/s1. The molecule has 2 aliphatic heterocycles. The molecule has 2 fully saturated rings. The van der Waals surface area contributed by atoms with Gasteiger partial charge in [0.2, 0.25) is 0 Å². The molecule has 0 aromatic carbocycles. The van der Waals surface area contributed by atoms with Gasteiger partial charge in [-0.15, -0.1) is 0 Å². The highest BCUT2D eigenvalue weighted by atomic mass is 15.2. The van der Waals surface area contributed by atoms with Crippen molar-refractivity contribution < 1.29 is 0 Å². The average Bonchev–Trinajstić information content (AvgIpc) is 2.54. The molecule has 70 valence electrons. The summed E-state index contributed by atoms with van der Waals surface area (Å²) in [6.45, 7) is 4.74. The minimum Gasteiger partial charge on any atom is -0.326 e. The lowest BCUT2D eigenvalue weighted by Gasteiger charge is -2.31. The van der Waals surface area contributed by atoms with Gasteiger partial charge in [0.25, 0.3) is 0 Å². The van der Waals surface area contributed by atoms with E-state index in [4.69, 9.17) is 5.73 Å². The van der Waals surface area contributed by atoms with E-state index in [1.54, 1.807) is 0 Å². The van der Waals surface area contributed by atoms with Crippen LogP contribution in [0.1, 0.15) is 19.3 Å². The van der Waals surface area contributed by atoms with Gasteiger partial charge in [-0.2, -0.15) is 0 Å². The summed E-state index contributed by atoms with van der Waals surface area (Å²) in [6.07, 6.45) is 3.82. The average molecular weight is 169 g/mol. The molecule has 0 aliphatic carbocycles. The lowest BCUT2D eigenvalue weighted by molar-refractivity contribution is 0.197. The Morgan fingerprint density at radius 3 is 2.50 bits per heavy atom. The molecule has 3 N–H and O–H groups in total. The minimum atomic E-state index is 0.444. The molecule has 3 nitrogen and oxygen atoms in total. The highest BCUT2D eigenvalue weighted by molar-refractivity contribution is 4.85. The molecule has 2 aliphatic rings. The van der Waals surface area contributed by atoms with Crippen LogP contribution in [-0.2, 0) is 0 Å². The number of nitrogens with one attached hydrogen (secondary N) is 1. The van der Waals surface area contributed by atoms with E-state index in [1.807, 2.05) is 0 Å². The van der Waals surface area contributed by atoms with Crippen LogP contribution in [0.25, 0.3) is 0 Å². The van der Waals surface area contributed by atoms with Crippen LogP contribution in [0.4, 0.5) is 0 Å². The summed E-state index contributed by atoms with van der Waals surface area (Å²) in [4.78, 5) is 2.57. The van der Waals surface area contributed by atoms with Gasteiger partial charge in [0.05, 0.1) is 0 Å². The Morgan fingerprint density at radius 2 is 1.92 bits per heavy atom. The van der Waals surface area contributed by atoms with Crippen molar-refractivity contribution in [1.82, 2.24) is 10.2 Å². The van der Waals surface area contributed by atoms with Crippen LogP contribution in [0.2, 0.25) is 0 Å². The summed E-state index contributed by atoms with van der Waals surface area (Å²) in [6, 6.07) is 1.26. The maximum absolute atomic E-state index is 5.87. The SMILES string of the molecule is N[C@H]1CCN(C2CCNCC2)C1. The molecule has 0 aromatic heterocycles. The van der Waals surface area contributed by atoms with Crippen molar-refractivity contribution in [3.63, 3.8) is 0 Å². The Balaban J connectivity index is 1.83. The zero-order chi connectivity index (χ0) is 8.39. The van der Waals surface area contributed by atoms with Crippen LogP contribution in [-0.4, -0.2) is 43.2 Å². The minimum absolute atomic E-state index is 0.444. The Bertz CT molecular complexity index is 140. The smallest absolute Gasteiger partial charge is 0.0180 e. The second kappa shape index (κ2) is 3.73. The highest BCUT2D eigenvalue weighted by Crippen LogP contribution is 2.17. The third-order valence-electron chi connectivity index (χ3n) is 3.08. The van der Waals surface area contributed by atoms with E-state index < -0.39 is 0 Å². The van der Waals surface area contributed by atoms with Crippen molar-refractivity contribution in [3.05, 3.63) is 0 Å². The number of piperidine rings is 1. The molecule has 0 spiro atoms. The number of rotatable bonds is 1. The van der Waals surface area contributed by atoms with E-state index in [2.05, 4.69) is 10.2 Å². The maximum Gasteiger partial charge on any atom is 0.0180 e. The van der Waals surface area contributed by atoms with Crippen molar-refractivity contribution in [1.29, 1.82) is 0 Å². The van der Waals surface area contributed by atoms with Crippen molar-refractivity contribution in [2.24, 2.45) is 5.73 Å². The molecule has 0 unspecified atom stereocenters. The maximum atomic E-state index is 5.87. The lowest BCUT2D eigenvalue weighted by atomic mass is 10.1. The number of nitrogens with two attached hydrogens (primary N) is 1. The van der Waals surface area contributed by atoms with Gasteiger partial charge in [-0.25, -0.2) is 0 Å². The first-order valence-corrected chi connectivity index (χ1v) is 5.06. The van der Waals surface area contributed by atoms with Crippen LogP contribution in [0, 0.1) is 0 Å². The van der Waals surface area contributed by atoms with Gasteiger partial charge in [0, 0.05) is 25.2 Å². The Morgan fingerprint density at radius 1 is 1.17 bits per heavy atom. The van der Waals surface area contributed by atoms with E-state index in [0.717, 1.165) is 12.6 Å². The van der Waals surface area contributed by atoms with Crippen LogP contribution in [0.15, 0.2) is 0 Å². The molecule has 0 radical (unpaired) electrons. The Labute approximate surface area is 74.3 Å². The predicted octanol–water partition coefficient (Wildman–Crippen LogP) is -0.229. The second-order valence-electron chi connectivity index (χ2n) is 4.02. The van der Waals surface area contributed by atoms with Crippen LogP contribution in [0.3, 0.4) is 0 Å². The Kier molecular flexibility index (Phi) is 2.63. The third-order valence-corrected chi connectivity index (χ3v) is 3.08. The van der Waals surface area contributed by atoms with Gasteiger partial charge in [0.1, 0.15) is 0 Å². The molecule has 0 amide bonds. The predicted molar refractivity (Wildman–Crippen MR) is 50.1 cm³/mol. The molecule has 0 saturated carbocycles. The van der Waals surface area contributed by atoms with E-state index in [-0.39, 0.29) is 0 Å². The lowest BCUT2D eigenvalue weighted by Crippen LogP contribution is -2.42. The first-order chi connectivity index (χ1) is 5.86. The first kappa shape index (κ1) is 8.48. The van der Waals surface area contributed by atoms with Crippen molar-refractivity contribution in [2.45, 2.75) is 31.3 Å². The summed E-state index contributed by atoms with van der Waals surface area (Å²) in [5, 5.41) is 3.39. The summed E-state index contributed by atoms with van der Waals surface area (Å²) in [7, 11) is 0. The van der Waals surface area contributed by atoms with Gasteiger partial charge in [0.15, 0.2) is 0 Å². The zero-order valence-electron chi connectivity index (χ0n) is 7.63. The molecule has 0 aromatic rings. The summed E-state index contributed by atoms with van der Waals surface area (Å²) in [5.41, 5.74) is 5.87. The van der Waals surface area contributed by atoms with E-state index in [0.29, 0.717) is 6.04 Å². The Hall–Kier alpha value is -0.120. The van der Waals surface area contributed by atoms with Crippen LogP contribution >= 0.6 is 0 Å². The second-order valence-corrected chi connectivity index (χ2v) is 4.02. The van der Waals surface area contributed by atoms with E-state index in [1.165, 1.54) is 38.9 Å². The van der Waals surface area contributed by atoms with E-state index in [9.17, 15) is 0 Å². The number of hydrogen-bond donors (Lipinski definition) is 2. The van der Waals surface area contributed by atoms with Gasteiger partial charge in [-0.05, 0) is 32.4 Å². The third kappa shape index (κ3) is 1.79. The molecule has 2 rings (SSSR count). The zero-order valence-corrected chi connectivity index (χ0v) is 7.63. The van der Waals surface area contributed by atoms with Gasteiger partial charge < -0.3 is 11.1 Å². The normalized spacial score (nSPS) is 34.2. The summed E-state index contributed by atoms with van der Waals surface area (Å²) >= 11 is 0. The summed E-state index contributed by atoms with van der Waals surface area (Å²) in [5.74, 6) is 0. The van der Waals surface area contributed by atoms with E-state index >= 15 is 0 Å². The first-order valence-electron chi connectivity index (χ1n) is 5.06. The fourth-order valence-electron chi connectivity index (χ4n) is 2.32. The fourth-order valence-corrected chi connectivity index (χ4v) is 2.32. The molecule has 1 atom stereocenters.